The van der Waals surface area contributed by atoms with Gasteiger partial charge in [0, 0.05) is 30.4 Å². The third kappa shape index (κ3) is 2.21. The second kappa shape index (κ2) is 5.38. The number of carbonyl (C=O) groups excluding carboxylic acids is 1. The predicted octanol–water partition coefficient (Wildman–Crippen LogP) is 0.981. The Bertz CT molecular complexity index is 1100. The highest BCUT2D eigenvalue weighted by Crippen LogP contribution is 2.32. The fourth-order valence-electron chi connectivity index (χ4n) is 3.11. The number of fused-ring (bicyclic) bond motifs is 2. The third-order valence-corrected chi connectivity index (χ3v) is 4.33. The van der Waals surface area contributed by atoms with Crippen molar-refractivity contribution in [3.05, 3.63) is 60.3 Å². The molecule has 0 atom stereocenters. The Morgan fingerprint density at radius 2 is 2.04 bits per heavy atom. The van der Waals surface area contributed by atoms with Crippen LogP contribution in [0.1, 0.15) is 11.3 Å². The molecule has 5 heterocycles. The molecule has 9 heteroatoms. The van der Waals surface area contributed by atoms with Crippen LogP contribution < -0.4 is 10.6 Å². The normalized spacial score (nSPS) is 13.5. The van der Waals surface area contributed by atoms with Gasteiger partial charge in [-0.3, -0.25) is 9.69 Å². The second-order valence-electron chi connectivity index (χ2n) is 6.02. The van der Waals surface area contributed by atoms with E-state index in [4.69, 9.17) is 5.73 Å². The molecule has 1 amide bonds. The van der Waals surface area contributed by atoms with Crippen molar-refractivity contribution in [2.75, 3.05) is 10.6 Å². The van der Waals surface area contributed by atoms with Gasteiger partial charge in [-0.1, -0.05) is 6.07 Å². The van der Waals surface area contributed by atoms with Gasteiger partial charge in [0.2, 0.25) is 5.91 Å². The average Bonchev–Trinajstić information content (AvgIpc) is 3.35. The number of pyridine rings is 1. The minimum absolute atomic E-state index is 0.0735. The summed E-state index contributed by atoms with van der Waals surface area (Å²) in [5.74, 6) is 1.08. The van der Waals surface area contributed by atoms with Crippen molar-refractivity contribution >= 4 is 23.2 Å². The minimum Gasteiger partial charge on any atom is -0.383 e. The van der Waals surface area contributed by atoms with Gasteiger partial charge in [0.05, 0.1) is 18.7 Å². The highest BCUT2D eigenvalue weighted by atomic mass is 16.2. The number of nitrogens with two attached hydrogens (primary N) is 1. The number of aromatic nitrogens is 6. The van der Waals surface area contributed by atoms with E-state index in [1.54, 1.807) is 23.4 Å². The van der Waals surface area contributed by atoms with Crippen LogP contribution in [0.3, 0.4) is 0 Å². The quantitative estimate of drug-likeness (QED) is 0.592. The van der Waals surface area contributed by atoms with Gasteiger partial charge in [-0.05, 0) is 18.2 Å². The van der Waals surface area contributed by atoms with E-state index < -0.39 is 0 Å². The Labute approximate surface area is 147 Å². The summed E-state index contributed by atoms with van der Waals surface area (Å²) < 4.78 is 3.43. The van der Waals surface area contributed by atoms with Crippen molar-refractivity contribution in [2.24, 2.45) is 0 Å². The summed E-state index contributed by atoms with van der Waals surface area (Å²) in [6.07, 6.45) is 7.37. The number of nitrogen functional groups attached to an aromatic ring is 1. The van der Waals surface area contributed by atoms with Crippen LogP contribution in [0, 0.1) is 0 Å². The van der Waals surface area contributed by atoms with E-state index in [1.165, 1.54) is 4.68 Å². The number of anilines is 2. The third-order valence-electron chi connectivity index (χ3n) is 4.33. The molecule has 1 aliphatic heterocycles. The molecule has 0 aromatic carbocycles. The van der Waals surface area contributed by atoms with E-state index in [2.05, 4.69) is 20.1 Å². The Morgan fingerprint density at radius 1 is 1.12 bits per heavy atom. The van der Waals surface area contributed by atoms with E-state index in [9.17, 15) is 4.79 Å². The molecule has 0 fully saturated rings. The lowest BCUT2D eigenvalue weighted by atomic mass is 10.2. The van der Waals surface area contributed by atoms with Crippen molar-refractivity contribution in [3.8, 4) is 5.95 Å². The smallest absolute Gasteiger partial charge is 0.254 e. The maximum absolute atomic E-state index is 12.5. The zero-order valence-corrected chi connectivity index (χ0v) is 13.6. The number of amides is 1. The van der Waals surface area contributed by atoms with Gasteiger partial charge >= 0.3 is 0 Å². The molecular weight excluding hydrogens is 332 g/mol. The van der Waals surface area contributed by atoms with Gasteiger partial charge < -0.3 is 10.1 Å². The summed E-state index contributed by atoms with van der Waals surface area (Å²) in [6, 6.07) is 7.54. The molecule has 0 unspecified atom stereocenters. The lowest BCUT2D eigenvalue weighted by molar-refractivity contribution is -0.117. The van der Waals surface area contributed by atoms with Crippen molar-refractivity contribution in [2.45, 2.75) is 13.0 Å². The van der Waals surface area contributed by atoms with E-state index in [1.807, 2.05) is 35.0 Å². The monoisotopic (exact) mass is 346 g/mol. The fourth-order valence-corrected chi connectivity index (χ4v) is 3.11. The molecule has 4 aromatic heterocycles. The first-order valence-corrected chi connectivity index (χ1v) is 8.08. The molecule has 1 aliphatic rings. The Balaban J connectivity index is 1.56. The van der Waals surface area contributed by atoms with Gasteiger partial charge in [0.25, 0.3) is 5.95 Å². The number of nitrogens with zero attached hydrogens (tertiary/aromatic N) is 7. The number of rotatable bonds is 3. The molecule has 5 rings (SSSR count). The van der Waals surface area contributed by atoms with Crippen molar-refractivity contribution in [1.82, 2.24) is 29.1 Å². The number of hydrogen-bond acceptors (Lipinski definition) is 6. The predicted molar refractivity (Wildman–Crippen MR) is 93.7 cm³/mol. The maximum Gasteiger partial charge on any atom is 0.254 e. The first kappa shape index (κ1) is 14.6. The maximum atomic E-state index is 12.5. The van der Waals surface area contributed by atoms with Gasteiger partial charge in [0.15, 0.2) is 0 Å². The van der Waals surface area contributed by atoms with Crippen molar-refractivity contribution in [3.63, 3.8) is 0 Å². The molecule has 0 radical (unpaired) electrons. The largest absolute Gasteiger partial charge is 0.383 e. The number of carbonyl (C=O) groups is 1. The molecule has 0 saturated heterocycles. The molecule has 0 aliphatic carbocycles. The van der Waals surface area contributed by atoms with Gasteiger partial charge in [-0.15, -0.1) is 0 Å². The van der Waals surface area contributed by atoms with Crippen molar-refractivity contribution < 1.29 is 4.79 Å². The van der Waals surface area contributed by atoms with E-state index >= 15 is 0 Å². The van der Waals surface area contributed by atoms with Gasteiger partial charge in [-0.25, -0.2) is 9.67 Å². The summed E-state index contributed by atoms with van der Waals surface area (Å²) >= 11 is 0. The van der Waals surface area contributed by atoms with Crippen LogP contribution >= 0.6 is 0 Å². The number of imidazole rings is 1. The van der Waals surface area contributed by atoms with Crippen LogP contribution in [0.5, 0.6) is 0 Å². The summed E-state index contributed by atoms with van der Waals surface area (Å²) in [5, 5.41) is 4.13. The first-order chi connectivity index (χ1) is 12.7. The lowest BCUT2D eigenvalue weighted by Gasteiger charge is -2.15. The van der Waals surface area contributed by atoms with Crippen LogP contribution in [0.15, 0.2) is 49.1 Å². The first-order valence-electron chi connectivity index (χ1n) is 8.08. The Kier molecular flexibility index (Phi) is 3.02. The minimum atomic E-state index is -0.0735. The average molecular weight is 346 g/mol. The van der Waals surface area contributed by atoms with Crippen LogP contribution in [-0.4, -0.2) is 35.0 Å². The highest BCUT2D eigenvalue weighted by molar-refractivity contribution is 6.01. The topological polar surface area (TPSA) is 107 Å². The Hall–Kier alpha value is -3.75. The molecule has 4 aromatic rings. The molecule has 26 heavy (non-hydrogen) atoms. The van der Waals surface area contributed by atoms with Crippen LogP contribution in [-0.2, 0) is 17.8 Å². The zero-order valence-electron chi connectivity index (χ0n) is 13.6. The van der Waals surface area contributed by atoms with Crippen LogP contribution in [0.2, 0.25) is 0 Å². The Morgan fingerprint density at radius 3 is 2.85 bits per heavy atom. The molecular formula is C17H14N8O. The van der Waals surface area contributed by atoms with Gasteiger partial charge in [0.1, 0.15) is 17.3 Å². The molecule has 0 saturated carbocycles. The lowest BCUT2D eigenvalue weighted by Crippen LogP contribution is -2.27. The summed E-state index contributed by atoms with van der Waals surface area (Å²) in [6.45, 7) is 0.322. The second-order valence-corrected chi connectivity index (χ2v) is 6.02. The standard InChI is InChI=1S/C17H14N8O/c18-15-12-8-14(26)24(10-11-9-23-6-2-1-4-13(23)20-11)16(12)22-17(21-15)25-7-3-5-19-25/h1-7,9H,8,10H2,(H2,18,21,22). The van der Waals surface area contributed by atoms with E-state index in [0.717, 1.165) is 11.3 Å². The molecule has 0 spiro atoms. The SMILES string of the molecule is Nc1nc(-n2cccn2)nc2c1CC(=O)N2Cc1cn2ccccc2n1. The summed E-state index contributed by atoms with van der Waals surface area (Å²) in [5.41, 5.74) is 8.32. The van der Waals surface area contributed by atoms with E-state index in [0.29, 0.717) is 29.7 Å². The molecule has 2 N–H and O–H groups in total. The molecule has 128 valence electrons. The van der Waals surface area contributed by atoms with E-state index in [-0.39, 0.29) is 12.3 Å². The van der Waals surface area contributed by atoms with Gasteiger partial charge in [-0.2, -0.15) is 15.1 Å². The molecule has 9 nitrogen and oxygen atoms in total. The van der Waals surface area contributed by atoms with Crippen LogP contribution in [0.4, 0.5) is 11.6 Å². The number of hydrogen-bond donors (Lipinski definition) is 1. The van der Waals surface area contributed by atoms with Crippen molar-refractivity contribution in [1.29, 1.82) is 0 Å². The zero-order chi connectivity index (χ0) is 17.7. The highest BCUT2D eigenvalue weighted by Gasteiger charge is 2.32. The fraction of sp³-hybridized carbons (Fsp3) is 0.118. The van der Waals surface area contributed by atoms with Crippen LogP contribution in [0.25, 0.3) is 11.6 Å². The summed E-state index contributed by atoms with van der Waals surface area (Å²) in [4.78, 5) is 27.5. The molecule has 0 bridgehead atoms. The summed E-state index contributed by atoms with van der Waals surface area (Å²) in [7, 11) is 0.